The first kappa shape index (κ1) is 16.2. The Bertz CT molecular complexity index is 748. The predicted molar refractivity (Wildman–Crippen MR) is 78.8 cm³/mol. The molecule has 1 unspecified atom stereocenters. The smallest absolute Gasteiger partial charge is 0.243 e. The number of halogens is 2. The fourth-order valence-electron chi connectivity index (χ4n) is 1.53. The zero-order valence-electron chi connectivity index (χ0n) is 11.0. The molecule has 0 bridgehead atoms. The summed E-state index contributed by atoms with van der Waals surface area (Å²) >= 11 is 11.8. The lowest BCUT2D eigenvalue weighted by Crippen LogP contribution is -2.16. The number of aromatic nitrogens is 3. The van der Waals surface area contributed by atoms with Crippen LogP contribution in [0.5, 0.6) is 0 Å². The minimum atomic E-state index is -3.10. The van der Waals surface area contributed by atoms with Gasteiger partial charge in [0, 0.05) is 12.5 Å². The Morgan fingerprint density at radius 2 is 2.14 bits per heavy atom. The first-order chi connectivity index (χ1) is 9.76. The largest absolute Gasteiger partial charge is 0.337 e. The second-order valence-electron chi connectivity index (χ2n) is 4.47. The van der Waals surface area contributed by atoms with Crippen LogP contribution >= 0.6 is 23.2 Å². The van der Waals surface area contributed by atoms with Crippen LogP contribution in [0.3, 0.4) is 0 Å². The third-order valence-electron chi connectivity index (χ3n) is 2.58. The third kappa shape index (κ3) is 4.37. The van der Waals surface area contributed by atoms with Gasteiger partial charge in [-0.15, -0.1) is 0 Å². The average Bonchev–Trinajstić information content (AvgIpc) is 2.84. The van der Waals surface area contributed by atoms with Crippen molar-refractivity contribution in [3.05, 3.63) is 28.2 Å². The quantitative estimate of drug-likeness (QED) is 0.875. The SMILES string of the molecule is CS(=O)(=O)CCC(N)c1nc(-c2ncc(Cl)cc2Cl)no1. The summed E-state index contributed by atoms with van der Waals surface area (Å²) in [5.74, 6) is 0.231. The summed E-state index contributed by atoms with van der Waals surface area (Å²) in [6.07, 6.45) is 2.72. The molecule has 0 spiro atoms. The van der Waals surface area contributed by atoms with Crippen LogP contribution in [0.4, 0.5) is 0 Å². The zero-order chi connectivity index (χ0) is 15.6. The fourth-order valence-corrected chi connectivity index (χ4v) is 2.67. The molecule has 7 nitrogen and oxygen atoms in total. The molecule has 2 heterocycles. The number of nitrogens with two attached hydrogens (primary N) is 1. The van der Waals surface area contributed by atoms with Crippen LogP contribution < -0.4 is 5.73 Å². The van der Waals surface area contributed by atoms with E-state index in [4.69, 9.17) is 33.5 Å². The van der Waals surface area contributed by atoms with Gasteiger partial charge in [0.25, 0.3) is 0 Å². The summed E-state index contributed by atoms with van der Waals surface area (Å²) in [7, 11) is -3.10. The lowest BCUT2D eigenvalue weighted by atomic mass is 10.2. The van der Waals surface area contributed by atoms with E-state index in [1.807, 2.05) is 0 Å². The van der Waals surface area contributed by atoms with E-state index in [9.17, 15) is 8.42 Å². The van der Waals surface area contributed by atoms with Crippen molar-refractivity contribution >= 4 is 33.0 Å². The molecule has 21 heavy (non-hydrogen) atoms. The monoisotopic (exact) mass is 350 g/mol. The topological polar surface area (TPSA) is 112 Å². The van der Waals surface area contributed by atoms with Crippen LogP contribution in [0.2, 0.25) is 10.0 Å². The third-order valence-corrected chi connectivity index (χ3v) is 4.05. The Hall–Kier alpha value is -1.22. The summed E-state index contributed by atoms with van der Waals surface area (Å²) in [5.41, 5.74) is 6.13. The van der Waals surface area contributed by atoms with Gasteiger partial charge in [-0.3, -0.25) is 0 Å². The van der Waals surface area contributed by atoms with Crippen LogP contribution in [-0.2, 0) is 9.84 Å². The minimum absolute atomic E-state index is 0.0637. The van der Waals surface area contributed by atoms with Crippen molar-refractivity contribution in [2.24, 2.45) is 5.73 Å². The summed E-state index contributed by atoms with van der Waals surface area (Å²) in [5, 5.41) is 4.40. The molecule has 2 N–H and O–H groups in total. The fraction of sp³-hybridized carbons (Fsp3) is 0.364. The predicted octanol–water partition coefficient (Wildman–Crippen LogP) is 1.87. The first-order valence-corrected chi connectivity index (χ1v) is 8.66. The molecule has 2 aromatic heterocycles. The molecule has 0 saturated heterocycles. The number of sulfone groups is 1. The normalized spacial score (nSPS) is 13.3. The molecule has 0 radical (unpaired) electrons. The van der Waals surface area contributed by atoms with E-state index in [1.165, 1.54) is 12.3 Å². The summed E-state index contributed by atoms with van der Waals surface area (Å²) < 4.78 is 27.2. The molecular formula is C11H12Cl2N4O3S. The van der Waals surface area contributed by atoms with Crippen molar-refractivity contribution in [3.63, 3.8) is 0 Å². The van der Waals surface area contributed by atoms with Crippen LogP contribution in [0, 0.1) is 0 Å². The van der Waals surface area contributed by atoms with Crippen molar-refractivity contribution in [2.45, 2.75) is 12.5 Å². The van der Waals surface area contributed by atoms with Crippen molar-refractivity contribution in [1.29, 1.82) is 0 Å². The number of pyridine rings is 1. The molecule has 2 rings (SSSR count). The van der Waals surface area contributed by atoms with Crippen molar-refractivity contribution in [1.82, 2.24) is 15.1 Å². The van der Waals surface area contributed by atoms with Gasteiger partial charge in [-0.25, -0.2) is 13.4 Å². The molecule has 10 heteroatoms. The van der Waals surface area contributed by atoms with Crippen LogP contribution in [-0.4, -0.2) is 35.6 Å². The lowest BCUT2D eigenvalue weighted by molar-refractivity contribution is 0.352. The Labute approximate surface area is 131 Å². The Morgan fingerprint density at radius 3 is 2.76 bits per heavy atom. The van der Waals surface area contributed by atoms with E-state index < -0.39 is 15.9 Å². The highest BCUT2D eigenvalue weighted by Gasteiger charge is 2.19. The van der Waals surface area contributed by atoms with Crippen LogP contribution in [0.25, 0.3) is 11.5 Å². The van der Waals surface area contributed by atoms with Gasteiger partial charge in [0.2, 0.25) is 11.7 Å². The van der Waals surface area contributed by atoms with E-state index in [2.05, 4.69) is 15.1 Å². The number of hydrogen-bond acceptors (Lipinski definition) is 7. The maximum absolute atomic E-state index is 11.1. The highest BCUT2D eigenvalue weighted by atomic mass is 35.5. The molecule has 1 atom stereocenters. The van der Waals surface area contributed by atoms with E-state index in [1.54, 1.807) is 0 Å². The standard InChI is InChI=1S/C11H12Cl2N4O3S/c1-21(18,19)3-2-8(14)11-16-10(17-20-11)9-7(13)4-6(12)5-15-9/h4-5,8H,2-3,14H2,1H3. The summed E-state index contributed by atoms with van der Waals surface area (Å²) in [6, 6.07) is 0.831. The molecule has 2 aromatic rings. The molecule has 0 aliphatic carbocycles. The Kier molecular flexibility index (Phi) is 4.82. The lowest BCUT2D eigenvalue weighted by Gasteiger charge is -2.04. The van der Waals surface area contributed by atoms with Gasteiger partial charge in [0.05, 0.1) is 21.8 Å². The van der Waals surface area contributed by atoms with Gasteiger partial charge in [0.15, 0.2) is 0 Å². The molecular weight excluding hydrogens is 339 g/mol. The average molecular weight is 351 g/mol. The van der Waals surface area contributed by atoms with E-state index >= 15 is 0 Å². The molecule has 0 fully saturated rings. The van der Waals surface area contributed by atoms with Gasteiger partial charge in [-0.2, -0.15) is 4.98 Å². The molecule has 114 valence electrons. The van der Waals surface area contributed by atoms with E-state index in [0.717, 1.165) is 6.26 Å². The molecule has 0 aliphatic rings. The zero-order valence-corrected chi connectivity index (χ0v) is 13.3. The number of hydrogen-bond donors (Lipinski definition) is 1. The maximum atomic E-state index is 11.1. The Balaban J connectivity index is 2.17. The Morgan fingerprint density at radius 1 is 1.43 bits per heavy atom. The van der Waals surface area contributed by atoms with Gasteiger partial charge in [-0.05, 0) is 12.5 Å². The molecule has 0 amide bonds. The summed E-state index contributed by atoms with van der Waals surface area (Å²) in [4.78, 5) is 8.10. The van der Waals surface area contributed by atoms with Crippen molar-refractivity contribution in [2.75, 3.05) is 12.0 Å². The first-order valence-electron chi connectivity index (χ1n) is 5.84. The number of rotatable bonds is 5. The maximum Gasteiger partial charge on any atom is 0.243 e. The molecule has 0 aliphatic heterocycles. The highest BCUT2D eigenvalue weighted by Crippen LogP contribution is 2.26. The highest BCUT2D eigenvalue weighted by molar-refractivity contribution is 7.90. The van der Waals surface area contributed by atoms with E-state index in [0.29, 0.717) is 10.7 Å². The number of nitrogens with zero attached hydrogens (tertiary/aromatic N) is 3. The second kappa shape index (κ2) is 6.27. The van der Waals surface area contributed by atoms with Gasteiger partial charge in [-0.1, -0.05) is 28.4 Å². The van der Waals surface area contributed by atoms with Crippen LogP contribution in [0.1, 0.15) is 18.4 Å². The second-order valence-corrected chi connectivity index (χ2v) is 7.57. The van der Waals surface area contributed by atoms with Gasteiger partial charge in [0.1, 0.15) is 15.5 Å². The van der Waals surface area contributed by atoms with Crippen LogP contribution in [0.15, 0.2) is 16.8 Å². The van der Waals surface area contributed by atoms with Crippen molar-refractivity contribution < 1.29 is 12.9 Å². The summed E-state index contributed by atoms with van der Waals surface area (Å²) in [6.45, 7) is 0. The molecule has 0 aromatic carbocycles. The minimum Gasteiger partial charge on any atom is -0.337 e. The van der Waals surface area contributed by atoms with E-state index in [-0.39, 0.29) is 28.9 Å². The molecule has 0 saturated carbocycles. The van der Waals surface area contributed by atoms with Gasteiger partial charge >= 0.3 is 0 Å². The van der Waals surface area contributed by atoms with Gasteiger partial charge < -0.3 is 10.3 Å². The van der Waals surface area contributed by atoms with Crippen molar-refractivity contribution in [3.8, 4) is 11.5 Å².